The van der Waals surface area contributed by atoms with Crippen LogP contribution in [0.2, 0.25) is 0 Å². The van der Waals surface area contributed by atoms with E-state index in [2.05, 4.69) is 20.5 Å². The molecule has 2 aromatic carbocycles. The molecule has 1 atom stereocenters. The van der Waals surface area contributed by atoms with Gasteiger partial charge in [0.1, 0.15) is 18.2 Å². The minimum atomic E-state index is -3.72. The third-order valence-corrected chi connectivity index (χ3v) is 7.75. The molecule has 10 nitrogen and oxygen atoms in total. The molecule has 1 amide bonds. The van der Waals surface area contributed by atoms with Crippen molar-refractivity contribution >= 4 is 15.9 Å². The van der Waals surface area contributed by atoms with Gasteiger partial charge in [0.05, 0.1) is 18.6 Å². The number of ether oxygens (including phenoxy) is 2. The van der Waals surface area contributed by atoms with E-state index in [1.807, 2.05) is 24.3 Å². The summed E-state index contributed by atoms with van der Waals surface area (Å²) in [6.45, 7) is 5.63. The van der Waals surface area contributed by atoms with Gasteiger partial charge in [-0.1, -0.05) is 24.3 Å². The van der Waals surface area contributed by atoms with E-state index in [0.29, 0.717) is 29.2 Å². The van der Waals surface area contributed by atoms with Crippen molar-refractivity contribution in [3.63, 3.8) is 0 Å². The number of aromatic nitrogens is 3. The zero-order chi connectivity index (χ0) is 25.6. The Balaban J connectivity index is 1.48. The van der Waals surface area contributed by atoms with E-state index < -0.39 is 16.1 Å². The molecule has 3 rings (SSSR count). The number of hydrogen-bond donors (Lipinski definition) is 2. The van der Waals surface area contributed by atoms with E-state index in [4.69, 9.17) is 9.47 Å². The van der Waals surface area contributed by atoms with Crippen molar-refractivity contribution in [1.82, 2.24) is 24.8 Å². The number of nitrogens with one attached hydrogen (secondary N) is 2. The zero-order valence-corrected chi connectivity index (χ0v) is 21.3. The number of rotatable bonds is 11. The van der Waals surface area contributed by atoms with Gasteiger partial charge in [-0.15, -0.1) is 0 Å². The predicted octanol–water partition coefficient (Wildman–Crippen LogP) is 2.44. The molecule has 0 aliphatic rings. The summed E-state index contributed by atoms with van der Waals surface area (Å²) in [6, 6.07) is 11.0. The van der Waals surface area contributed by atoms with Crippen molar-refractivity contribution < 1.29 is 22.7 Å². The van der Waals surface area contributed by atoms with Gasteiger partial charge in [0.15, 0.2) is 5.82 Å². The average molecular weight is 502 g/mol. The first-order valence-electron chi connectivity index (χ1n) is 11.1. The molecule has 0 saturated heterocycles. The van der Waals surface area contributed by atoms with Crippen molar-refractivity contribution in [2.45, 2.75) is 38.3 Å². The minimum Gasteiger partial charge on any atom is -0.497 e. The molecule has 0 saturated carbocycles. The summed E-state index contributed by atoms with van der Waals surface area (Å²) in [5.74, 6) is 0.999. The smallest absolute Gasteiger partial charge is 0.249 e. The molecule has 3 aromatic rings. The molecule has 1 aromatic heterocycles. The fourth-order valence-corrected chi connectivity index (χ4v) is 5.16. The maximum absolute atomic E-state index is 13.1. The summed E-state index contributed by atoms with van der Waals surface area (Å²) in [7, 11) is -0.687. The Morgan fingerprint density at radius 3 is 2.40 bits per heavy atom. The Kier molecular flexibility index (Phi) is 8.60. The highest BCUT2D eigenvalue weighted by Gasteiger charge is 2.25. The first kappa shape index (κ1) is 26.3. The third-order valence-electron chi connectivity index (χ3n) is 5.59. The van der Waals surface area contributed by atoms with Crippen LogP contribution in [0.3, 0.4) is 0 Å². The van der Waals surface area contributed by atoms with E-state index in [1.54, 1.807) is 40.0 Å². The van der Waals surface area contributed by atoms with Crippen LogP contribution in [0.4, 0.5) is 0 Å². The third kappa shape index (κ3) is 6.44. The summed E-state index contributed by atoms with van der Waals surface area (Å²) in [6.07, 6.45) is 0.711. The molecule has 0 radical (unpaired) electrons. The van der Waals surface area contributed by atoms with Gasteiger partial charge in [-0.05, 0) is 49.6 Å². The lowest BCUT2D eigenvalue weighted by atomic mass is 10.1. The number of H-pyrrole nitrogens is 1. The lowest BCUT2D eigenvalue weighted by Gasteiger charge is -2.21. The lowest BCUT2D eigenvalue weighted by molar-refractivity contribution is -0.131. The van der Waals surface area contributed by atoms with Crippen LogP contribution in [0.5, 0.6) is 5.75 Å². The molecule has 0 aliphatic heterocycles. The maximum Gasteiger partial charge on any atom is 0.249 e. The molecule has 0 spiro atoms. The van der Waals surface area contributed by atoms with Crippen LogP contribution in [0.15, 0.2) is 47.6 Å². The van der Waals surface area contributed by atoms with Crippen LogP contribution in [0.25, 0.3) is 11.4 Å². The number of carbonyl (C=O) groups is 1. The Morgan fingerprint density at radius 2 is 1.83 bits per heavy atom. The van der Waals surface area contributed by atoms with Gasteiger partial charge >= 0.3 is 0 Å². The van der Waals surface area contributed by atoms with Gasteiger partial charge in [0.25, 0.3) is 0 Å². The Bertz CT molecular complexity index is 1220. The highest BCUT2D eigenvalue weighted by atomic mass is 32.2. The van der Waals surface area contributed by atoms with Gasteiger partial charge in [-0.2, -0.15) is 9.40 Å². The fourth-order valence-electron chi connectivity index (χ4n) is 3.60. The molecule has 35 heavy (non-hydrogen) atoms. The van der Waals surface area contributed by atoms with E-state index in [9.17, 15) is 13.2 Å². The number of amides is 1. The number of benzene rings is 2. The Labute approximate surface area is 205 Å². The number of methoxy groups -OCH3 is 1. The number of nitrogens with zero attached hydrogens (tertiary/aromatic N) is 3. The largest absolute Gasteiger partial charge is 0.497 e. The van der Waals surface area contributed by atoms with Crippen molar-refractivity contribution in [2.24, 2.45) is 0 Å². The molecule has 0 bridgehead atoms. The quantitative estimate of drug-likeness (QED) is 0.413. The monoisotopic (exact) mass is 501 g/mol. The second-order valence-electron chi connectivity index (χ2n) is 8.18. The maximum atomic E-state index is 13.1. The van der Waals surface area contributed by atoms with E-state index in [1.165, 1.54) is 17.7 Å². The van der Waals surface area contributed by atoms with Gasteiger partial charge < -0.3 is 14.8 Å². The molecule has 0 fully saturated rings. The molecule has 2 N–H and O–H groups in total. The van der Waals surface area contributed by atoms with E-state index >= 15 is 0 Å². The summed E-state index contributed by atoms with van der Waals surface area (Å²) in [5, 5.41) is 9.46. The average Bonchev–Trinajstić information content (AvgIpc) is 3.37. The molecular weight excluding hydrogens is 470 g/mol. The summed E-state index contributed by atoms with van der Waals surface area (Å²) < 4.78 is 38.2. The molecule has 1 heterocycles. The van der Waals surface area contributed by atoms with Crippen LogP contribution < -0.4 is 10.1 Å². The molecule has 188 valence electrons. The van der Waals surface area contributed by atoms with Gasteiger partial charge in [-0.25, -0.2) is 13.4 Å². The summed E-state index contributed by atoms with van der Waals surface area (Å²) >= 11 is 0. The number of carbonyl (C=O) groups excluding carboxylic acids is 1. The van der Waals surface area contributed by atoms with Crippen LogP contribution >= 0.6 is 0 Å². The number of sulfonamides is 1. The topological polar surface area (TPSA) is 127 Å². The molecular formula is C24H31N5O5S. The Morgan fingerprint density at radius 1 is 1.17 bits per heavy atom. The van der Waals surface area contributed by atoms with Crippen LogP contribution in [-0.2, 0) is 26.1 Å². The minimum absolute atomic E-state index is 0.0739. The molecule has 1 unspecified atom stereocenters. The second kappa shape index (κ2) is 11.4. The van der Waals surface area contributed by atoms with Crippen molar-refractivity contribution in [3.05, 3.63) is 59.4 Å². The molecule has 0 aliphatic carbocycles. The summed E-state index contributed by atoms with van der Waals surface area (Å²) in [5.41, 5.74) is 3.03. The fraction of sp³-hybridized carbons (Fsp3) is 0.375. The first-order valence-corrected chi connectivity index (χ1v) is 12.5. The SMILES string of the molecule is COc1cc(C)c(S(=O)(=O)N(C)CCOC(C)C(=O)NCc2ccc(-c3ncn[nH]3)cc2)c(C)c1. The normalized spacial score (nSPS) is 12.5. The standard InChI is InChI=1S/C24H31N5O5S/c1-16-12-21(33-5)13-17(2)22(16)35(31,32)29(4)10-11-34-18(3)24(30)25-14-19-6-8-20(9-7-19)23-26-15-27-28-23/h6-9,12-13,15,18H,10-11,14H2,1-5H3,(H,25,30)(H,26,27,28). The van der Waals surface area contributed by atoms with Crippen molar-refractivity contribution in [2.75, 3.05) is 27.3 Å². The highest BCUT2D eigenvalue weighted by molar-refractivity contribution is 7.89. The van der Waals surface area contributed by atoms with Crippen LogP contribution in [-0.4, -0.2) is 67.2 Å². The van der Waals surface area contributed by atoms with E-state index in [0.717, 1.165) is 11.1 Å². The van der Waals surface area contributed by atoms with Crippen LogP contribution in [0, 0.1) is 13.8 Å². The second-order valence-corrected chi connectivity index (χ2v) is 10.2. The number of likely N-dealkylation sites (N-methyl/N-ethyl adjacent to an activating group) is 1. The number of hydrogen-bond acceptors (Lipinski definition) is 7. The van der Waals surface area contributed by atoms with E-state index in [-0.39, 0.29) is 24.0 Å². The number of aromatic amines is 1. The van der Waals surface area contributed by atoms with Crippen LogP contribution in [0.1, 0.15) is 23.6 Å². The first-order chi connectivity index (χ1) is 16.6. The number of aryl methyl sites for hydroxylation is 2. The van der Waals surface area contributed by atoms with Crippen molar-refractivity contribution in [1.29, 1.82) is 0 Å². The highest BCUT2D eigenvalue weighted by Crippen LogP contribution is 2.27. The zero-order valence-electron chi connectivity index (χ0n) is 20.5. The predicted molar refractivity (Wildman–Crippen MR) is 131 cm³/mol. The van der Waals surface area contributed by atoms with Gasteiger partial charge in [0, 0.05) is 25.7 Å². The van der Waals surface area contributed by atoms with Crippen molar-refractivity contribution in [3.8, 4) is 17.1 Å². The van der Waals surface area contributed by atoms with Gasteiger partial charge in [0.2, 0.25) is 15.9 Å². The Hall–Kier alpha value is -3.28. The molecule has 11 heteroatoms. The lowest BCUT2D eigenvalue weighted by Crippen LogP contribution is -2.37. The summed E-state index contributed by atoms with van der Waals surface area (Å²) in [4.78, 5) is 16.8. The van der Waals surface area contributed by atoms with Gasteiger partial charge in [-0.3, -0.25) is 9.89 Å².